The summed E-state index contributed by atoms with van der Waals surface area (Å²) in [4.78, 5) is 25.6. The van der Waals surface area contributed by atoms with Crippen molar-refractivity contribution in [3.63, 3.8) is 0 Å². The van der Waals surface area contributed by atoms with Crippen LogP contribution in [0.1, 0.15) is 97.6 Å². The molecule has 2 aliphatic carbocycles. The van der Waals surface area contributed by atoms with E-state index in [2.05, 4.69) is 10.6 Å². The van der Waals surface area contributed by atoms with Crippen molar-refractivity contribution in [3.05, 3.63) is 144 Å². The van der Waals surface area contributed by atoms with Gasteiger partial charge in [0.1, 0.15) is 6.04 Å². The van der Waals surface area contributed by atoms with E-state index in [-0.39, 0.29) is 16.9 Å². The Labute approximate surface area is 291 Å². The zero-order valence-corrected chi connectivity index (χ0v) is 28.7. The Morgan fingerprint density at radius 2 is 0.958 bits per heavy atom. The Balaban J connectivity index is 0.000000288. The van der Waals surface area contributed by atoms with Gasteiger partial charge in [-0.15, -0.1) is 11.8 Å². The number of nitrogens with one attached hydrogen (secondary N) is 2. The summed E-state index contributed by atoms with van der Waals surface area (Å²) in [6, 6.07) is 39.6. The summed E-state index contributed by atoms with van der Waals surface area (Å²) in [6.07, 6.45) is 14.6. The number of aliphatic carboxylic acids is 1. The molecule has 6 heteroatoms. The first-order chi connectivity index (χ1) is 23.6. The third-order valence-corrected chi connectivity index (χ3v) is 10.9. The maximum Gasteiger partial charge on any atom is 0.327 e. The van der Waals surface area contributed by atoms with Gasteiger partial charge in [0.25, 0.3) is 0 Å². The first kappa shape index (κ1) is 35.4. The predicted molar refractivity (Wildman–Crippen MR) is 198 cm³/mol. The molecule has 0 aromatic heterocycles. The van der Waals surface area contributed by atoms with Crippen molar-refractivity contribution in [2.45, 2.75) is 93.5 Å². The summed E-state index contributed by atoms with van der Waals surface area (Å²) < 4.78 is 0. The van der Waals surface area contributed by atoms with Gasteiger partial charge in [-0.3, -0.25) is 4.79 Å². The van der Waals surface area contributed by atoms with Crippen molar-refractivity contribution >= 4 is 23.6 Å². The van der Waals surface area contributed by atoms with Crippen molar-refractivity contribution in [2.24, 2.45) is 0 Å². The van der Waals surface area contributed by atoms with Gasteiger partial charge in [-0.2, -0.15) is 0 Å². The molecule has 6 rings (SSSR count). The second-order valence-corrected chi connectivity index (χ2v) is 14.2. The molecule has 0 bridgehead atoms. The Morgan fingerprint density at radius 3 is 1.33 bits per heavy atom. The molecule has 0 aliphatic heterocycles. The van der Waals surface area contributed by atoms with E-state index >= 15 is 0 Å². The lowest BCUT2D eigenvalue weighted by Gasteiger charge is -2.30. The molecule has 252 valence electrons. The Hall–Kier alpha value is -3.87. The van der Waals surface area contributed by atoms with Gasteiger partial charge >= 0.3 is 5.97 Å². The van der Waals surface area contributed by atoms with Crippen LogP contribution in [0.2, 0.25) is 0 Å². The molecule has 48 heavy (non-hydrogen) atoms. The molecule has 5 nitrogen and oxygen atoms in total. The first-order valence-electron chi connectivity index (χ1n) is 17.7. The fourth-order valence-electron chi connectivity index (χ4n) is 6.92. The van der Waals surface area contributed by atoms with Crippen molar-refractivity contribution in [1.82, 2.24) is 10.6 Å². The Kier molecular flexibility index (Phi) is 14.2. The maximum absolute atomic E-state index is 13.5. The minimum absolute atomic E-state index is 0.0461. The van der Waals surface area contributed by atoms with Gasteiger partial charge < -0.3 is 15.7 Å². The van der Waals surface area contributed by atoms with Crippen LogP contribution in [-0.4, -0.2) is 40.9 Å². The summed E-state index contributed by atoms with van der Waals surface area (Å²) >= 11 is 1.51. The summed E-state index contributed by atoms with van der Waals surface area (Å²) in [7, 11) is 0. The van der Waals surface area contributed by atoms with Crippen LogP contribution in [0, 0.1) is 0 Å². The number of carbonyl (C=O) groups is 2. The van der Waals surface area contributed by atoms with Crippen LogP contribution in [0.5, 0.6) is 0 Å². The molecule has 0 radical (unpaired) electrons. The van der Waals surface area contributed by atoms with Crippen molar-refractivity contribution < 1.29 is 14.7 Å². The fraction of sp³-hybridized carbons (Fsp3) is 0.381. The van der Waals surface area contributed by atoms with Crippen LogP contribution >= 0.6 is 11.8 Å². The molecule has 0 heterocycles. The van der Waals surface area contributed by atoms with Crippen LogP contribution in [0.4, 0.5) is 0 Å². The van der Waals surface area contributed by atoms with Crippen molar-refractivity contribution in [2.75, 3.05) is 5.75 Å². The molecule has 0 saturated heterocycles. The summed E-state index contributed by atoms with van der Waals surface area (Å²) in [5.41, 5.74) is 3.81. The molecule has 2 saturated carbocycles. The summed E-state index contributed by atoms with van der Waals surface area (Å²) in [6.45, 7) is 0. The summed E-state index contributed by atoms with van der Waals surface area (Å²) in [5, 5.41) is 16.6. The third-order valence-electron chi connectivity index (χ3n) is 9.46. The van der Waals surface area contributed by atoms with Gasteiger partial charge in [0.15, 0.2) is 0 Å². The Bertz CT molecular complexity index is 1400. The molecule has 3 N–H and O–H groups in total. The minimum atomic E-state index is -1.05. The van der Waals surface area contributed by atoms with E-state index in [1.807, 2.05) is 121 Å². The number of rotatable bonds is 12. The highest BCUT2D eigenvalue weighted by atomic mass is 32.2. The SMILES string of the molecule is C1CCC(NC2CCCCC2)CC1.O=C(O)C(CSC(c1ccccc1)c1ccccc1)NC(=O)C(c1ccccc1)c1ccccc1. The molecule has 1 amide bonds. The number of hydrogen-bond acceptors (Lipinski definition) is 4. The molecule has 2 aliphatic rings. The van der Waals surface area contributed by atoms with Crippen LogP contribution in [0.25, 0.3) is 0 Å². The molecular weight excluding hydrogens is 613 g/mol. The molecule has 1 unspecified atom stereocenters. The van der Waals surface area contributed by atoms with Gasteiger partial charge in [0.05, 0.1) is 11.2 Å². The van der Waals surface area contributed by atoms with Gasteiger partial charge in [0.2, 0.25) is 5.91 Å². The standard InChI is InChI=1S/C30H27NO3S.C12H23N/c32-29(27(22-13-5-1-6-14-22)23-15-7-2-8-16-23)31-26(30(33)34)21-35-28(24-17-9-3-10-18-24)25-19-11-4-12-20-25;1-3-7-11(8-4-1)13-12-9-5-2-6-10-12/h1-20,26-28H,21H2,(H,31,32)(H,33,34);11-13H,1-10H2. The van der Waals surface area contributed by atoms with E-state index < -0.39 is 17.9 Å². The van der Waals surface area contributed by atoms with Crippen molar-refractivity contribution in [3.8, 4) is 0 Å². The van der Waals surface area contributed by atoms with E-state index in [0.717, 1.165) is 34.3 Å². The third kappa shape index (κ3) is 10.8. The number of hydrogen-bond donors (Lipinski definition) is 3. The fourth-order valence-corrected chi connectivity index (χ4v) is 8.23. The van der Waals surface area contributed by atoms with E-state index in [4.69, 9.17) is 0 Å². The van der Waals surface area contributed by atoms with Crippen molar-refractivity contribution in [1.29, 1.82) is 0 Å². The van der Waals surface area contributed by atoms with Gasteiger partial charge in [-0.05, 0) is 47.9 Å². The first-order valence-corrected chi connectivity index (χ1v) is 18.7. The van der Waals surface area contributed by atoms with Crippen LogP contribution in [-0.2, 0) is 9.59 Å². The van der Waals surface area contributed by atoms with Gasteiger partial charge in [-0.1, -0.05) is 160 Å². The number of carbonyl (C=O) groups excluding carboxylic acids is 1. The highest BCUT2D eigenvalue weighted by molar-refractivity contribution is 7.99. The average molecular weight is 663 g/mol. The lowest BCUT2D eigenvalue weighted by atomic mass is 9.90. The number of carboxylic acid groups (broad SMARTS) is 1. The van der Waals surface area contributed by atoms with Gasteiger partial charge in [-0.25, -0.2) is 4.79 Å². The molecule has 4 aromatic rings. The molecule has 0 spiro atoms. The smallest absolute Gasteiger partial charge is 0.327 e. The molecule has 4 aromatic carbocycles. The topological polar surface area (TPSA) is 78.4 Å². The minimum Gasteiger partial charge on any atom is -0.480 e. The predicted octanol–water partition coefficient (Wildman–Crippen LogP) is 9.15. The monoisotopic (exact) mass is 662 g/mol. The number of amides is 1. The lowest BCUT2D eigenvalue weighted by molar-refractivity contribution is -0.141. The zero-order valence-electron chi connectivity index (χ0n) is 27.9. The van der Waals surface area contributed by atoms with Crippen LogP contribution in [0.3, 0.4) is 0 Å². The van der Waals surface area contributed by atoms with E-state index in [1.165, 1.54) is 76.0 Å². The number of carboxylic acids is 1. The summed E-state index contributed by atoms with van der Waals surface area (Å²) in [5.74, 6) is -1.74. The lowest BCUT2D eigenvalue weighted by Crippen LogP contribution is -2.45. The maximum atomic E-state index is 13.5. The van der Waals surface area contributed by atoms with Crippen LogP contribution in [0.15, 0.2) is 121 Å². The largest absolute Gasteiger partial charge is 0.480 e. The molecule has 1 atom stereocenters. The van der Waals surface area contributed by atoms with E-state index in [9.17, 15) is 14.7 Å². The highest BCUT2D eigenvalue weighted by Crippen LogP contribution is 2.36. The second-order valence-electron chi connectivity index (χ2n) is 13.0. The van der Waals surface area contributed by atoms with E-state index in [0.29, 0.717) is 0 Å². The normalized spacial score (nSPS) is 16.1. The second kappa shape index (κ2) is 19.2. The number of thioether (sulfide) groups is 1. The Morgan fingerprint density at radius 1 is 0.583 bits per heavy atom. The highest BCUT2D eigenvalue weighted by Gasteiger charge is 2.29. The van der Waals surface area contributed by atoms with Crippen LogP contribution < -0.4 is 10.6 Å². The van der Waals surface area contributed by atoms with E-state index in [1.54, 1.807) is 0 Å². The average Bonchev–Trinajstić information content (AvgIpc) is 3.14. The quantitative estimate of drug-likeness (QED) is 0.141. The molecule has 2 fully saturated rings. The van der Waals surface area contributed by atoms with Gasteiger partial charge in [0, 0.05) is 17.8 Å². The zero-order chi connectivity index (χ0) is 33.4. The molecular formula is C42H50N2O3S. The number of benzene rings is 4.